The Kier molecular flexibility index (Phi) is 9.32. The molecule has 0 saturated heterocycles. The van der Waals surface area contributed by atoms with Crippen molar-refractivity contribution >= 4 is 35.3 Å². The maximum absolute atomic E-state index is 6.07. The van der Waals surface area contributed by atoms with Crippen LogP contribution in [0, 0.1) is 0 Å². The molecule has 1 N–H and O–H groups in total. The van der Waals surface area contributed by atoms with Crippen molar-refractivity contribution in [3.63, 3.8) is 0 Å². The van der Waals surface area contributed by atoms with Gasteiger partial charge in [0.2, 0.25) is 0 Å². The van der Waals surface area contributed by atoms with Crippen molar-refractivity contribution in [2.75, 3.05) is 13.7 Å². The highest BCUT2D eigenvalue weighted by Crippen LogP contribution is 2.23. The lowest BCUT2D eigenvalue weighted by Gasteiger charge is -2.20. The maximum Gasteiger partial charge on any atom is 0.0946 e. The van der Waals surface area contributed by atoms with Crippen molar-refractivity contribution in [1.82, 2.24) is 5.32 Å². The molecule has 24 heavy (non-hydrogen) atoms. The van der Waals surface area contributed by atoms with Gasteiger partial charge in [0.15, 0.2) is 0 Å². The maximum atomic E-state index is 6.07. The van der Waals surface area contributed by atoms with E-state index in [2.05, 4.69) is 43.6 Å². The van der Waals surface area contributed by atoms with Gasteiger partial charge in [-0.2, -0.15) is 0 Å². The summed E-state index contributed by atoms with van der Waals surface area (Å²) in [7, 11) is 1.74. The summed E-state index contributed by atoms with van der Waals surface area (Å²) in [6.07, 6.45) is 1.06. The van der Waals surface area contributed by atoms with Crippen molar-refractivity contribution in [2.45, 2.75) is 45.3 Å². The first-order chi connectivity index (χ1) is 11.0. The number of ether oxygens (including phenoxy) is 1. The number of hydrogen-bond acceptors (Lipinski definition) is 3. The average Bonchev–Trinajstić information content (AvgIpc) is 2.96. The second kappa shape index (κ2) is 10.4. The van der Waals surface area contributed by atoms with Crippen molar-refractivity contribution in [1.29, 1.82) is 0 Å². The molecule has 2 atom stereocenters. The summed E-state index contributed by atoms with van der Waals surface area (Å²) < 4.78 is 5.61. The Morgan fingerprint density at radius 3 is 2.50 bits per heavy atom. The van der Waals surface area contributed by atoms with Gasteiger partial charge in [-0.25, -0.2) is 0 Å². The summed E-state index contributed by atoms with van der Waals surface area (Å²) in [5, 5.41) is 6.60. The van der Waals surface area contributed by atoms with Crippen LogP contribution in [0.5, 0.6) is 0 Å². The zero-order valence-corrected chi connectivity index (χ0v) is 17.1. The molecule has 2 aromatic rings. The van der Waals surface area contributed by atoms with Crippen LogP contribution in [0.1, 0.15) is 48.8 Å². The number of methoxy groups -OCH3 is 1. The number of hydrogen-bond donors (Lipinski definition) is 1. The van der Waals surface area contributed by atoms with Gasteiger partial charge in [0, 0.05) is 29.6 Å². The number of benzene rings is 1. The molecule has 0 bridgehead atoms. The van der Waals surface area contributed by atoms with Crippen LogP contribution in [0.15, 0.2) is 35.7 Å². The zero-order chi connectivity index (χ0) is 16.8. The van der Waals surface area contributed by atoms with E-state index in [0.717, 1.165) is 23.6 Å². The molecule has 0 aliphatic rings. The van der Waals surface area contributed by atoms with Gasteiger partial charge in [-0.3, -0.25) is 0 Å². The van der Waals surface area contributed by atoms with Crippen LogP contribution in [0.3, 0.4) is 0 Å². The highest BCUT2D eigenvalue weighted by molar-refractivity contribution is 7.10. The highest BCUT2D eigenvalue weighted by atomic mass is 35.5. The monoisotopic (exact) mass is 387 g/mol. The van der Waals surface area contributed by atoms with E-state index in [4.69, 9.17) is 16.3 Å². The molecule has 0 fully saturated rings. The molecule has 0 aliphatic carbocycles. The molecular weight excluding hydrogens is 361 g/mol. The molecule has 2 unspecified atom stereocenters. The quantitative estimate of drug-likeness (QED) is 0.612. The molecule has 2 nitrogen and oxygen atoms in total. The normalized spacial score (nSPS) is 13.6. The first kappa shape index (κ1) is 21.5. The third kappa shape index (κ3) is 6.38. The smallest absolute Gasteiger partial charge is 0.0946 e. The molecule has 1 aromatic carbocycles. The van der Waals surface area contributed by atoms with Crippen LogP contribution >= 0.6 is 35.3 Å². The lowest BCUT2D eigenvalue weighted by Crippen LogP contribution is -2.32. The number of thiophene rings is 1. The minimum atomic E-state index is 0. The summed E-state index contributed by atoms with van der Waals surface area (Å²) >= 11 is 7.92. The van der Waals surface area contributed by atoms with E-state index in [9.17, 15) is 0 Å². The van der Waals surface area contributed by atoms with Crippen LogP contribution < -0.4 is 5.32 Å². The first-order valence-electron chi connectivity index (χ1n) is 8.08. The fraction of sp³-hybridized carbons (Fsp3) is 0.474. The van der Waals surface area contributed by atoms with Crippen molar-refractivity contribution in [3.8, 4) is 0 Å². The zero-order valence-electron chi connectivity index (χ0n) is 14.7. The minimum absolute atomic E-state index is 0. The summed E-state index contributed by atoms with van der Waals surface area (Å²) in [5.41, 5.74) is 2.55. The Labute approximate surface area is 161 Å². The number of halogens is 2. The van der Waals surface area contributed by atoms with E-state index >= 15 is 0 Å². The summed E-state index contributed by atoms with van der Waals surface area (Å²) in [6.45, 7) is 7.48. The van der Waals surface area contributed by atoms with Gasteiger partial charge >= 0.3 is 0 Å². The predicted octanol–water partition coefficient (Wildman–Crippen LogP) is 5.86. The molecule has 0 radical (unpaired) electrons. The van der Waals surface area contributed by atoms with Gasteiger partial charge in [0.25, 0.3) is 0 Å². The van der Waals surface area contributed by atoms with Crippen molar-refractivity contribution in [3.05, 3.63) is 56.7 Å². The van der Waals surface area contributed by atoms with Gasteiger partial charge in [0.1, 0.15) is 0 Å². The van der Waals surface area contributed by atoms with E-state index in [1.165, 1.54) is 10.4 Å². The molecule has 0 saturated carbocycles. The Balaban J connectivity index is 0.00000288. The second-order valence-corrected chi connectivity index (χ2v) is 7.73. The molecule has 0 amide bonds. The van der Waals surface area contributed by atoms with Crippen molar-refractivity contribution in [2.24, 2.45) is 0 Å². The first-order valence-corrected chi connectivity index (χ1v) is 9.34. The summed E-state index contributed by atoms with van der Waals surface area (Å²) in [6, 6.07) is 10.6. The Morgan fingerprint density at radius 2 is 1.92 bits per heavy atom. The predicted molar refractivity (Wildman–Crippen MR) is 108 cm³/mol. The standard InChI is InChI=1S/C19H26ClNOS.ClH/c1-13(2)16-10-18(23-12-16)8-14(3)21-11-19(22-4)15-6-5-7-17(20)9-15;/h5-7,9-10,12-14,19,21H,8,11H2,1-4H3;1H. The molecule has 1 aromatic heterocycles. The number of rotatable bonds is 8. The van der Waals surface area contributed by atoms with Gasteiger partial charge in [-0.05, 0) is 54.0 Å². The average molecular weight is 388 g/mol. The van der Waals surface area contributed by atoms with Crippen LogP contribution in [-0.4, -0.2) is 19.7 Å². The van der Waals surface area contributed by atoms with Gasteiger partial charge in [0.05, 0.1) is 6.10 Å². The van der Waals surface area contributed by atoms with Gasteiger partial charge in [-0.1, -0.05) is 37.6 Å². The van der Waals surface area contributed by atoms with E-state index in [1.807, 2.05) is 29.5 Å². The molecule has 134 valence electrons. The fourth-order valence-electron chi connectivity index (χ4n) is 2.53. The molecular formula is C19H27Cl2NOS. The van der Waals surface area contributed by atoms with Crippen LogP contribution in [-0.2, 0) is 11.2 Å². The Bertz CT molecular complexity index is 615. The minimum Gasteiger partial charge on any atom is -0.375 e. The highest BCUT2D eigenvalue weighted by Gasteiger charge is 2.13. The molecule has 1 heterocycles. The van der Waals surface area contributed by atoms with Crippen LogP contribution in [0.2, 0.25) is 5.02 Å². The SMILES string of the molecule is COC(CNC(C)Cc1cc(C(C)C)cs1)c1cccc(Cl)c1.Cl. The Morgan fingerprint density at radius 1 is 1.17 bits per heavy atom. The van der Waals surface area contributed by atoms with Gasteiger partial charge < -0.3 is 10.1 Å². The fourth-order valence-corrected chi connectivity index (χ4v) is 3.91. The lowest BCUT2D eigenvalue weighted by molar-refractivity contribution is 0.0999. The number of nitrogens with one attached hydrogen (secondary N) is 1. The summed E-state index contributed by atoms with van der Waals surface area (Å²) in [5.74, 6) is 0.601. The molecule has 0 spiro atoms. The molecule has 0 aliphatic heterocycles. The van der Waals surface area contributed by atoms with Crippen LogP contribution in [0.25, 0.3) is 0 Å². The Hall–Kier alpha value is -0.580. The van der Waals surface area contributed by atoms with Gasteiger partial charge in [-0.15, -0.1) is 23.7 Å². The van der Waals surface area contributed by atoms with Crippen molar-refractivity contribution < 1.29 is 4.74 Å². The molecule has 5 heteroatoms. The van der Waals surface area contributed by atoms with E-state index in [-0.39, 0.29) is 18.5 Å². The van der Waals surface area contributed by atoms with Crippen LogP contribution in [0.4, 0.5) is 0 Å². The molecule has 2 rings (SSSR count). The lowest BCUT2D eigenvalue weighted by atomic mass is 10.1. The third-order valence-electron chi connectivity index (χ3n) is 4.00. The second-order valence-electron chi connectivity index (χ2n) is 6.29. The topological polar surface area (TPSA) is 21.3 Å². The van der Waals surface area contributed by atoms with E-state index in [0.29, 0.717) is 12.0 Å². The largest absolute Gasteiger partial charge is 0.375 e. The summed E-state index contributed by atoms with van der Waals surface area (Å²) in [4.78, 5) is 1.44. The van der Waals surface area contributed by atoms with E-state index in [1.54, 1.807) is 7.11 Å². The third-order valence-corrected chi connectivity index (χ3v) is 5.22. The van der Waals surface area contributed by atoms with E-state index < -0.39 is 0 Å².